The highest BCUT2D eigenvalue weighted by Crippen LogP contribution is 2.59. The molecule has 0 fully saturated rings. The number of unbranched alkanes of at least 4 members (excludes halogenated alkanes) is 1. The lowest BCUT2D eigenvalue weighted by molar-refractivity contribution is -0.384. The number of nitrogen functional groups attached to an aromatic ring is 1. The molecular weight excluding hydrogens is 384 g/mol. The van der Waals surface area contributed by atoms with Crippen molar-refractivity contribution < 1.29 is 9.72 Å². The Morgan fingerprint density at radius 3 is 2.72 bits per heavy atom. The summed E-state index contributed by atoms with van der Waals surface area (Å²) in [5.74, 6) is 0.188. The van der Waals surface area contributed by atoms with Crippen molar-refractivity contribution in [3.05, 3.63) is 37.4 Å². The lowest BCUT2D eigenvalue weighted by Crippen LogP contribution is -2.28. The quantitative estimate of drug-likeness (QED) is 0.413. The standard InChI is InChI=1S/C19H23BrN2O3/c1-3-5-7-19-8-6-15(23)11(4-2)16(19)12-9-14(20)17(21)18(22(24)25)13(12)10-19/h9H,3-8,10,21H2,1-2H3. The molecule has 3 rings (SSSR count). The van der Waals surface area contributed by atoms with Crippen LogP contribution in [0.5, 0.6) is 0 Å². The highest BCUT2D eigenvalue weighted by molar-refractivity contribution is 9.10. The van der Waals surface area contributed by atoms with Gasteiger partial charge in [0.05, 0.1) is 4.92 Å². The number of rotatable bonds is 5. The van der Waals surface area contributed by atoms with Crippen molar-refractivity contribution in [3.8, 4) is 0 Å². The molecule has 2 aliphatic rings. The molecule has 1 atom stereocenters. The highest BCUT2D eigenvalue weighted by Gasteiger charge is 2.49. The summed E-state index contributed by atoms with van der Waals surface area (Å²) in [4.78, 5) is 23.9. The average Bonchev–Trinajstić information content (AvgIpc) is 2.88. The van der Waals surface area contributed by atoms with Crippen LogP contribution in [-0.4, -0.2) is 10.7 Å². The third kappa shape index (κ3) is 2.71. The van der Waals surface area contributed by atoms with Gasteiger partial charge in [0.25, 0.3) is 5.69 Å². The number of anilines is 1. The van der Waals surface area contributed by atoms with Crippen LogP contribution in [0.4, 0.5) is 11.4 Å². The zero-order valence-corrected chi connectivity index (χ0v) is 16.2. The lowest BCUT2D eigenvalue weighted by atomic mass is 9.67. The number of halogens is 1. The number of ketones is 1. The van der Waals surface area contributed by atoms with Crippen molar-refractivity contribution in [2.45, 2.75) is 58.8 Å². The van der Waals surface area contributed by atoms with Crippen LogP contribution in [0.25, 0.3) is 5.57 Å². The second kappa shape index (κ2) is 6.56. The van der Waals surface area contributed by atoms with E-state index >= 15 is 0 Å². The van der Waals surface area contributed by atoms with Gasteiger partial charge in [-0.25, -0.2) is 0 Å². The minimum atomic E-state index is -0.377. The smallest absolute Gasteiger partial charge is 0.297 e. The van der Waals surface area contributed by atoms with Crippen LogP contribution in [0.2, 0.25) is 0 Å². The van der Waals surface area contributed by atoms with E-state index in [4.69, 9.17) is 5.73 Å². The summed E-state index contributed by atoms with van der Waals surface area (Å²) >= 11 is 3.37. The van der Waals surface area contributed by atoms with Crippen LogP contribution in [-0.2, 0) is 11.2 Å². The molecule has 0 aliphatic heterocycles. The number of carbonyl (C=O) groups is 1. The van der Waals surface area contributed by atoms with Crippen LogP contribution >= 0.6 is 15.9 Å². The van der Waals surface area contributed by atoms with Gasteiger partial charge in [-0.1, -0.05) is 26.7 Å². The predicted molar refractivity (Wildman–Crippen MR) is 102 cm³/mol. The number of hydrogen-bond acceptors (Lipinski definition) is 4. The maximum atomic E-state index is 12.5. The molecule has 2 aliphatic carbocycles. The number of nitrogens with two attached hydrogens (primary N) is 1. The molecule has 0 spiro atoms. The summed E-state index contributed by atoms with van der Waals surface area (Å²) in [6, 6.07) is 1.88. The molecule has 0 heterocycles. The molecule has 134 valence electrons. The Morgan fingerprint density at radius 1 is 1.40 bits per heavy atom. The van der Waals surface area contributed by atoms with Gasteiger partial charge in [0.2, 0.25) is 0 Å². The Hall–Kier alpha value is -1.69. The number of nitro benzene ring substituents is 1. The predicted octanol–water partition coefficient (Wildman–Crippen LogP) is 5.20. The fourth-order valence-corrected chi connectivity index (χ4v) is 5.00. The van der Waals surface area contributed by atoms with E-state index in [2.05, 4.69) is 22.9 Å². The third-order valence-electron chi connectivity index (χ3n) is 5.72. The van der Waals surface area contributed by atoms with Crippen molar-refractivity contribution in [3.63, 3.8) is 0 Å². The number of fused-ring (bicyclic) bond motifs is 3. The largest absolute Gasteiger partial charge is 0.392 e. The van der Waals surface area contributed by atoms with Gasteiger partial charge >= 0.3 is 0 Å². The molecule has 1 unspecified atom stereocenters. The summed E-state index contributed by atoms with van der Waals surface area (Å²) in [5.41, 5.74) is 9.51. The van der Waals surface area contributed by atoms with Crippen LogP contribution in [0, 0.1) is 15.5 Å². The fourth-order valence-electron chi connectivity index (χ4n) is 4.58. The molecule has 0 aromatic heterocycles. The third-order valence-corrected chi connectivity index (χ3v) is 6.38. The van der Waals surface area contributed by atoms with Gasteiger partial charge in [-0.3, -0.25) is 14.9 Å². The Kier molecular flexibility index (Phi) is 4.75. The van der Waals surface area contributed by atoms with Crippen molar-refractivity contribution in [1.29, 1.82) is 0 Å². The summed E-state index contributed by atoms with van der Waals surface area (Å²) in [6.45, 7) is 4.14. The van der Waals surface area contributed by atoms with E-state index in [1.807, 2.05) is 13.0 Å². The second-order valence-electron chi connectivity index (χ2n) is 7.09. The Morgan fingerprint density at radius 2 is 2.12 bits per heavy atom. The molecule has 6 heteroatoms. The van der Waals surface area contributed by atoms with E-state index in [1.54, 1.807) is 0 Å². The minimum absolute atomic E-state index is 0.00468. The van der Waals surface area contributed by atoms with Crippen LogP contribution < -0.4 is 5.73 Å². The molecule has 0 amide bonds. The molecule has 0 saturated heterocycles. The van der Waals surface area contributed by atoms with Crippen molar-refractivity contribution in [1.82, 2.24) is 0 Å². The number of hydrogen-bond donors (Lipinski definition) is 1. The first-order chi connectivity index (χ1) is 11.9. The Bertz CT molecular complexity index is 800. The summed E-state index contributed by atoms with van der Waals surface area (Å²) < 4.78 is 0.533. The van der Waals surface area contributed by atoms with E-state index in [-0.39, 0.29) is 27.5 Å². The first kappa shape index (κ1) is 18.1. The number of carbonyl (C=O) groups excluding carboxylic acids is 1. The van der Waals surface area contributed by atoms with E-state index in [0.29, 0.717) is 29.3 Å². The summed E-state index contributed by atoms with van der Waals surface area (Å²) in [6.07, 6.45) is 5.66. The normalized spacial score (nSPS) is 22.1. The number of allylic oxidation sites excluding steroid dienone is 2. The zero-order chi connectivity index (χ0) is 18.4. The van der Waals surface area contributed by atoms with Gasteiger partial charge in [-0.05, 0) is 64.4 Å². The molecule has 2 N–H and O–H groups in total. The molecule has 25 heavy (non-hydrogen) atoms. The lowest BCUT2D eigenvalue weighted by Gasteiger charge is -2.36. The maximum absolute atomic E-state index is 12.5. The van der Waals surface area contributed by atoms with Gasteiger partial charge in [0.15, 0.2) is 5.78 Å². The Labute approximate surface area is 155 Å². The molecular formula is C19H23BrN2O3. The number of nitrogens with zero attached hydrogens (tertiary/aromatic N) is 1. The zero-order valence-electron chi connectivity index (χ0n) is 14.7. The average molecular weight is 407 g/mol. The van der Waals surface area contributed by atoms with Crippen LogP contribution in [0.1, 0.15) is 63.5 Å². The van der Waals surface area contributed by atoms with Gasteiger partial charge in [-0.15, -0.1) is 0 Å². The topological polar surface area (TPSA) is 86.2 Å². The van der Waals surface area contributed by atoms with E-state index in [0.717, 1.165) is 42.4 Å². The van der Waals surface area contributed by atoms with E-state index in [1.165, 1.54) is 0 Å². The molecule has 5 nitrogen and oxygen atoms in total. The first-order valence-electron chi connectivity index (χ1n) is 8.88. The van der Waals surface area contributed by atoms with Crippen molar-refractivity contribution in [2.24, 2.45) is 5.41 Å². The maximum Gasteiger partial charge on any atom is 0.297 e. The molecule has 0 saturated carbocycles. The highest BCUT2D eigenvalue weighted by atomic mass is 79.9. The van der Waals surface area contributed by atoms with E-state index < -0.39 is 0 Å². The van der Waals surface area contributed by atoms with Crippen molar-refractivity contribution in [2.75, 3.05) is 5.73 Å². The SMILES string of the molecule is CCCCC12CCC(=O)C(CC)=C1c1cc(Br)c(N)c([N+](=O)[O-])c1C2. The van der Waals surface area contributed by atoms with Crippen molar-refractivity contribution >= 4 is 38.7 Å². The summed E-state index contributed by atoms with van der Waals surface area (Å²) in [5, 5.41) is 11.7. The van der Waals surface area contributed by atoms with E-state index in [9.17, 15) is 14.9 Å². The van der Waals surface area contributed by atoms with Gasteiger partial charge in [0.1, 0.15) is 5.69 Å². The van der Waals surface area contributed by atoms with Crippen LogP contribution in [0.3, 0.4) is 0 Å². The number of Topliss-reactive ketones (excluding diaryl/α,β-unsaturated/α-hetero) is 1. The Balaban J connectivity index is 2.32. The second-order valence-corrected chi connectivity index (χ2v) is 7.95. The monoisotopic (exact) mass is 406 g/mol. The minimum Gasteiger partial charge on any atom is -0.392 e. The summed E-state index contributed by atoms with van der Waals surface area (Å²) in [7, 11) is 0. The first-order valence-corrected chi connectivity index (χ1v) is 9.68. The number of benzene rings is 1. The molecule has 0 bridgehead atoms. The molecule has 1 aromatic carbocycles. The van der Waals surface area contributed by atoms with Gasteiger partial charge < -0.3 is 5.73 Å². The molecule has 1 aromatic rings. The number of nitro groups is 1. The fraction of sp³-hybridized carbons (Fsp3) is 0.526. The van der Waals surface area contributed by atoms with Crippen LogP contribution in [0.15, 0.2) is 16.1 Å². The van der Waals surface area contributed by atoms with Gasteiger partial charge in [-0.2, -0.15) is 0 Å². The molecule has 0 radical (unpaired) electrons. The van der Waals surface area contributed by atoms with Gasteiger partial charge in [0, 0.05) is 21.9 Å².